The number of β-amino-alcohol motifs (C(OH)–C–C–N with tert-alkyl or cyclic N) is 1. The molecule has 0 bridgehead atoms. The molecule has 0 saturated carbocycles. The zero-order valence-electron chi connectivity index (χ0n) is 19.8. The number of fused-ring (bicyclic) bond motifs is 4. The third-order valence-electron chi connectivity index (χ3n) is 7.35. The van der Waals surface area contributed by atoms with Crippen molar-refractivity contribution in [2.45, 2.75) is 13.0 Å². The second-order valence-electron chi connectivity index (χ2n) is 9.38. The SMILES string of the molecule is O=C1c2c(CCN3CCN(c4nsc5cc(F)ccc45)CC3)c3cc(F)ccc3n2CCN1CCO. The lowest BCUT2D eigenvalue weighted by Gasteiger charge is -2.35. The highest BCUT2D eigenvalue weighted by molar-refractivity contribution is 7.13. The molecule has 1 fully saturated rings. The van der Waals surface area contributed by atoms with E-state index in [4.69, 9.17) is 0 Å². The summed E-state index contributed by atoms with van der Waals surface area (Å²) in [7, 11) is 0. The molecule has 4 aromatic rings. The lowest BCUT2D eigenvalue weighted by molar-refractivity contribution is 0.0669. The molecule has 0 unspecified atom stereocenters. The molecule has 1 amide bonds. The van der Waals surface area contributed by atoms with Gasteiger partial charge in [-0.3, -0.25) is 9.69 Å². The van der Waals surface area contributed by atoms with E-state index in [-0.39, 0.29) is 24.1 Å². The topological polar surface area (TPSA) is 64.8 Å². The van der Waals surface area contributed by atoms with Gasteiger partial charge in [-0.25, -0.2) is 8.78 Å². The van der Waals surface area contributed by atoms with Crippen LogP contribution in [0.4, 0.5) is 14.6 Å². The van der Waals surface area contributed by atoms with E-state index in [9.17, 15) is 18.7 Å². The Bertz CT molecular complexity index is 1440. The van der Waals surface area contributed by atoms with Gasteiger partial charge in [-0.2, -0.15) is 4.37 Å². The minimum Gasteiger partial charge on any atom is -0.395 e. The first kappa shape index (κ1) is 23.3. The molecule has 0 radical (unpaired) electrons. The third kappa shape index (κ3) is 4.03. The van der Waals surface area contributed by atoms with Crippen LogP contribution >= 0.6 is 11.5 Å². The number of hydrogen-bond donors (Lipinski definition) is 1. The largest absolute Gasteiger partial charge is 0.395 e. The Hall–Kier alpha value is -3.08. The van der Waals surface area contributed by atoms with Crippen LogP contribution < -0.4 is 4.90 Å². The number of amides is 1. The fraction of sp³-hybridized carbons (Fsp3) is 0.385. The molecule has 0 atom stereocenters. The number of halogens is 2. The van der Waals surface area contributed by atoms with E-state index in [1.54, 1.807) is 17.0 Å². The van der Waals surface area contributed by atoms with Gasteiger partial charge in [0.25, 0.3) is 5.91 Å². The molecule has 2 aromatic heterocycles. The Balaban J connectivity index is 1.20. The molecule has 10 heteroatoms. The molecule has 2 aliphatic heterocycles. The maximum Gasteiger partial charge on any atom is 0.270 e. The first-order chi connectivity index (χ1) is 17.5. The Morgan fingerprint density at radius 2 is 1.69 bits per heavy atom. The number of carbonyl (C=O) groups is 1. The first-order valence-electron chi connectivity index (χ1n) is 12.3. The van der Waals surface area contributed by atoms with Crippen molar-refractivity contribution in [1.82, 2.24) is 18.7 Å². The second-order valence-corrected chi connectivity index (χ2v) is 10.2. The van der Waals surface area contributed by atoms with Gasteiger partial charge in [0.05, 0.1) is 11.3 Å². The number of rotatable bonds is 6. The van der Waals surface area contributed by atoms with Gasteiger partial charge in [0, 0.05) is 68.6 Å². The third-order valence-corrected chi connectivity index (χ3v) is 8.15. The van der Waals surface area contributed by atoms with Crippen molar-refractivity contribution in [2.75, 3.05) is 57.3 Å². The molecule has 0 aliphatic carbocycles. The lowest BCUT2D eigenvalue weighted by Crippen LogP contribution is -2.47. The van der Waals surface area contributed by atoms with E-state index in [0.29, 0.717) is 31.7 Å². The fourth-order valence-corrected chi connectivity index (χ4v) is 6.33. The predicted octanol–water partition coefficient (Wildman–Crippen LogP) is 3.34. The van der Waals surface area contributed by atoms with Gasteiger partial charge in [0.1, 0.15) is 23.1 Å². The van der Waals surface area contributed by atoms with Gasteiger partial charge >= 0.3 is 0 Å². The Labute approximate surface area is 211 Å². The number of aliphatic hydroxyl groups is 1. The Kier molecular flexibility index (Phi) is 6.10. The smallest absolute Gasteiger partial charge is 0.270 e. The summed E-state index contributed by atoms with van der Waals surface area (Å²) in [4.78, 5) is 19.6. The predicted molar refractivity (Wildman–Crippen MR) is 137 cm³/mol. The van der Waals surface area contributed by atoms with E-state index >= 15 is 0 Å². The molecule has 0 spiro atoms. The first-order valence-corrected chi connectivity index (χ1v) is 13.0. The molecular weight excluding hydrogens is 484 g/mol. The van der Waals surface area contributed by atoms with Crippen molar-refractivity contribution in [3.8, 4) is 0 Å². The Morgan fingerprint density at radius 1 is 0.917 bits per heavy atom. The highest BCUT2D eigenvalue weighted by Crippen LogP contribution is 2.32. The number of anilines is 1. The summed E-state index contributed by atoms with van der Waals surface area (Å²) in [6.07, 6.45) is 0.639. The zero-order chi connectivity index (χ0) is 24.8. The molecule has 1 N–H and O–H groups in total. The van der Waals surface area contributed by atoms with Crippen LogP contribution in [0, 0.1) is 11.6 Å². The van der Waals surface area contributed by atoms with Gasteiger partial charge in [-0.15, -0.1) is 0 Å². The summed E-state index contributed by atoms with van der Waals surface area (Å²) in [5.41, 5.74) is 2.39. The lowest BCUT2D eigenvalue weighted by atomic mass is 10.1. The van der Waals surface area contributed by atoms with Crippen LogP contribution in [0.3, 0.4) is 0 Å². The van der Waals surface area contributed by atoms with Gasteiger partial charge in [-0.05, 0) is 59.9 Å². The molecule has 1 saturated heterocycles. The van der Waals surface area contributed by atoms with E-state index in [2.05, 4.69) is 14.2 Å². The van der Waals surface area contributed by atoms with Crippen molar-refractivity contribution in [1.29, 1.82) is 0 Å². The number of aromatic nitrogens is 2. The number of nitrogens with zero attached hydrogens (tertiary/aromatic N) is 5. The molecule has 2 aliphatic rings. The van der Waals surface area contributed by atoms with E-state index in [1.807, 2.05) is 4.57 Å². The molecule has 7 nitrogen and oxygen atoms in total. The van der Waals surface area contributed by atoms with Crippen LogP contribution in [0.1, 0.15) is 16.1 Å². The quantitative estimate of drug-likeness (QED) is 0.430. The molecule has 6 rings (SSSR count). The molecule has 36 heavy (non-hydrogen) atoms. The van der Waals surface area contributed by atoms with E-state index in [0.717, 1.165) is 65.1 Å². The number of carbonyl (C=O) groups excluding carboxylic acids is 1. The normalized spacial score (nSPS) is 16.9. The second kappa shape index (κ2) is 9.42. The van der Waals surface area contributed by atoms with Gasteiger partial charge in [0.2, 0.25) is 0 Å². The minimum absolute atomic E-state index is 0.0799. The van der Waals surface area contributed by atoms with E-state index < -0.39 is 0 Å². The fourth-order valence-electron chi connectivity index (χ4n) is 5.51. The maximum atomic E-state index is 14.2. The van der Waals surface area contributed by atoms with Crippen molar-refractivity contribution >= 4 is 44.2 Å². The van der Waals surface area contributed by atoms with Crippen LogP contribution in [-0.4, -0.2) is 82.2 Å². The maximum absolute atomic E-state index is 14.2. The van der Waals surface area contributed by atoms with Crippen molar-refractivity contribution < 1.29 is 18.7 Å². The average Bonchev–Trinajstić information content (AvgIpc) is 3.43. The Morgan fingerprint density at radius 3 is 2.50 bits per heavy atom. The standard InChI is InChI=1S/C26H27F2N5O2S/c27-17-2-4-22-21(15-17)19(24-26(35)32(13-14-34)11-12-33(22)24)5-6-30-7-9-31(10-8-30)25-20-3-1-18(28)16-23(20)36-29-25/h1-4,15-16,34H,5-14H2. The van der Waals surface area contributed by atoms with Crippen LogP contribution in [0.2, 0.25) is 0 Å². The summed E-state index contributed by atoms with van der Waals surface area (Å²) in [5, 5.41) is 11.2. The van der Waals surface area contributed by atoms with Crippen molar-refractivity contribution in [2.24, 2.45) is 0 Å². The minimum atomic E-state index is -0.310. The summed E-state index contributed by atoms with van der Waals surface area (Å²) in [6.45, 7) is 5.44. The van der Waals surface area contributed by atoms with Crippen LogP contribution in [0.15, 0.2) is 36.4 Å². The van der Waals surface area contributed by atoms with E-state index in [1.165, 1.54) is 35.8 Å². The number of benzene rings is 2. The molecule has 4 heterocycles. The molecule has 188 valence electrons. The summed E-state index contributed by atoms with van der Waals surface area (Å²) in [5.74, 6) is 0.252. The highest BCUT2D eigenvalue weighted by atomic mass is 32.1. The van der Waals surface area contributed by atoms with Gasteiger partial charge < -0.3 is 19.5 Å². The van der Waals surface area contributed by atoms with Gasteiger partial charge in [0.15, 0.2) is 0 Å². The van der Waals surface area contributed by atoms with Crippen molar-refractivity contribution in [3.63, 3.8) is 0 Å². The number of piperazine rings is 1. The zero-order valence-corrected chi connectivity index (χ0v) is 20.6. The van der Waals surface area contributed by atoms with Crippen LogP contribution in [0.25, 0.3) is 21.0 Å². The monoisotopic (exact) mass is 511 g/mol. The van der Waals surface area contributed by atoms with Gasteiger partial charge in [-0.1, -0.05) is 0 Å². The van der Waals surface area contributed by atoms with Crippen molar-refractivity contribution in [3.05, 3.63) is 59.3 Å². The van der Waals surface area contributed by atoms with Crippen LogP contribution in [-0.2, 0) is 13.0 Å². The summed E-state index contributed by atoms with van der Waals surface area (Å²) in [6, 6.07) is 9.54. The highest BCUT2D eigenvalue weighted by Gasteiger charge is 2.31. The summed E-state index contributed by atoms with van der Waals surface area (Å²) < 4.78 is 35.2. The summed E-state index contributed by atoms with van der Waals surface area (Å²) >= 11 is 1.32. The average molecular weight is 512 g/mol. The van der Waals surface area contributed by atoms with Crippen LogP contribution in [0.5, 0.6) is 0 Å². The molecule has 2 aromatic carbocycles. The molecular formula is C26H27F2N5O2S. The number of hydrogen-bond acceptors (Lipinski definition) is 6. The number of aliphatic hydroxyl groups excluding tert-OH is 1.